The fourth-order valence-electron chi connectivity index (χ4n) is 1.78. The van der Waals surface area contributed by atoms with Crippen LogP contribution in [-0.2, 0) is 13.6 Å². The van der Waals surface area contributed by atoms with Crippen molar-refractivity contribution in [3.63, 3.8) is 0 Å². The van der Waals surface area contributed by atoms with Crippen LogP contribution in [0.4, 0.5) is 5.69 Å². The monoisotopic (exact) mass is 274 g/mol. The number of hydrogen-bond donors (Lipinski definition) is 2. The third-order valence-electron chi connectivity index (χ3n) is 2.85. The highest BCUT2D eigenvalue weighted by Gasteiger charge is 2.02. The van der Waals surface area contributed by atoms with E-state index < -0.39 is 0 Å². The van der Waals surface area contributed by atoms with Gasteiger partial charge in [0.1, 0.15) is 0 Å². The molecular weight excluding hydrogens is 256 g/mol. The molecule has 0 aliphatic carbocycles. The van der Waals surface area contributed by atoms with E-state index in [2.05, 4.69) is 47.8 Å². The lowest BCUT2D eigenvalue weighted by Gasteiger charge is -2.12. The number of thiocarbonyl (C=S) groups is 1. The molecule has 0 aliphatic rings. The van der Waals surface area contributed by atoms with Gasteiger partial charge < -0.3 is 10.6 Å². The number of nitrogens with one attached hydrogen (secondary N) is 2. The molecule has 2 aromatic rings. The zero-order chi connectivity index (χ0) is 13.8. The summed E-state index contributed by atoms with van der Waals surface area (Å²) < 4.78 is 1.78. The van der Waals surface area contributed by atoms with E-state index in [0.29, 0.717) is 11.7 Å². The summed E-state index contributed by atoms with van der Waals surface area (Å²) in [6.45, 7) is 4.80. The quantitative estimate of drug-likeness (QED) is 0.844. The van der Waals surface area contributed by atoms with E-state index in [1.165, 1.54) is 11.1 Å². The van der Waals surface area contributed by atoms with Crippen molar-refractivity contribution in [1.82, 2.24) is 15.1 Å². The first-order valence-electron chi connectivity index (χ1n) is 6.14. The zero-order valence-electron chi connectivity index (χ0n) is 11.4. The third kappa shape index (κ3) is 3.79. The van der Waals surface area contributed by atoms with Gasteiger partial charge in [-0.15, -0.1) is 0 Å². The van der Waals surface area contributed by atoms with Crippen molar-refractivity contribution < 1.29 is 0 Å². The van der Waals surface area contributed by atoms with Crippen LogP contribution in [0.5, 0.6) is 0 Å². The Balaban J connectivity index is 1.92. The summed E-state index contributed by atoms with van der Waals surface area (Å²) >= 11 is 5.30. The highest BCUT2D eigenvalue weighted by molar-refractivity contribution is 7.80. The fourth-order valence-corrected chi connectivity index (χ4v) is 1.96. The number of anilines is 1. The molecule has 0 saturated carbocycles. The smallest absolute Gasteiger partial charge is 0.171 e. The van der Waals surface area contributed by atoms with Crippen molar-refractivity contribution in [3.8, 4) is 0 Å². The van der Waals surface area contributed by atoms with Crippen LogP contribution in [0.25, 0.3) is 0 Å². The molecule has 5 heteroatoms. The molecule has 0 unspecified atom stereocenters. The van der Waals surface area contributed by atoms with E-state index in [4.69, 9.17) is 12.2 Å². The molecule has 0 bridgehead atoms. The number of benzene rings is 1. The van der Waals surface area contributed by atoms with Crippen molar-refractivity contribution in [2.24, 2.45) is 7.05 Å². The Morgan fingerprint density at radius 2 is 2.16 bits per heavy atom. The van der Waals surface area contributed by atoms with Crippen molar-refractivity contribution in [2.45, 2.75) is 20.4 Å². The van der Waals surface area contributed by atoms with Crippen molar-refractivity contribution in [2.75, 3.05) is 5.32 Å². The summed E-state index contributed by atoms with van der Waals surface area (Å²) in [4.78, 5) is 0. The molecule has 2 rings (SSSR count). The average Bonchev–Trinajstić information content (AvgIpc) is 2.77. The Morgan fingerprint density at radius 1 is 1.37 bits per heavy atom. The van der Waals surface area contributed by atoms with Gasteiger partial charge in [0, 0.05) is 31.0 Å². The first-order chi connectivity index (χ1) is 9.04. The molecule has 0 fully saturated rings. The molecule has 0 amide bonds. The van der Waals surface area contributed by atoms with Crippen LogP contribution in [0.15, 0.2) is 30.6 Å². The highest BCUT2D eigenvalue weighted by Crippen LogP contribution is 2.16. The summed E-state index contributed by atoms with van der Waals surface area (Å²) in [6.07, 6.45) is 3.79. The lowest BCUT2D eigenvalue weighted by atomic mass is 10.1. The van der Waals surface area contributed by atoms with E-state index in [-0.39, 0.29) is 0 Å². The van der Waals surface area contributed by atoms with Gasteiger partial charge in [0.2, 0.25) is 0 Å². The molecule has 0 saturated heterocycles. The maximum Gasteiger partial charge on any atom is 0.171 e. The van der Waals surface area contributed by atoms with E-state index in [1.54, 1.807) is 4.68 Å². The van der Waals surface area contributed by atoms with Gasteiger partial charge in [-0.3, -0.25) is 4.68 Å². The SMILES string of the molecule is Cc1ccc(C)c(NC(=S)NCc2cnn(C)c2)c1. The van der Waals surface area contributed by atoms with Crippen LogP contribution in [0.1, 0.15) is 16.7 Å². The number of nitrogens with zero attached hydrogens (tertiary/aromatic N) is 2. The first kappa shape index (κ1) is 13.5. The van der Waals surface area contributed by atoms with Gasteiger partial charge in [0.25, 0.3) is 0 Å². The number of hydrogen-bond acceptors (Lipinski definition) is 2. The van der Waals surface area contributed by atoms with E-state index in [1.807, 2.05) is 19.4 Å². The topological polar surface area (TPSA) is 41.9 Å². The lowest BCUT2D eigenvalue weighted by Crippen LogP contribution is -2.28. The van der Waals surface area contributed by atoms with E-state index in [9.17, 15) is 0 Å². The molecule has 1 aromatic carbocycles. The minimum absolute atomic E-state index is 0.623. The Hall–Kier alpha value is -1.88. The van der Waals surface area contributed by atoms with Gasteiger partial charge in [-0.2, -0.15) is 5.10 Å². The minimum atomic E-state index is 0.623. The van der Waals surface area contributed by atoms with Crippen LogP contribution in [0, 0.1) is 13.8 Å². The second-order valence-corrected chi connectivity index (χ2v) is 5.06. The normalized spacial score (nSPS) is 10.3. The van der Waals surface area contributed by atoms with Gasteiger partial charge in [0.15, 0.2) is 5.11 Å². The summed E-state index contributed by atoms with van der Waals surface area (Å²) in [5, 5.41) is 11.1. The molecule has 4 nitrogen and oxygen atoms in total. The van der Waals surface area contributed by atoms with Crippen LogP contribution < -0.4 is 10.6 Å². The summed E-state index contributed by atoms with van der Waals surface area (Å²) in [5.41, 5.74) is 4.54. The Morgan fingerprint density at radius 3 is 2.84 bits per heavy atom. The zero-order valence-corrected chi connectivity index (χ0v) is 12.2. The summed E-state index contributed by atoms with van der Waals surface area (Å²) in [7, 11) is 1.90. The van der Waals surface area contributed by atoms with Crippen molar-refractivity contribution >= 4 is 23.0 Å². The lowest BCUT2D eigenvalue weighted by molar-refractivity contribution is 0.766. The van der Waals surface area contributed by atoms with Gasteiger partial charge in [-0.1, -0.05) is 12.1 Å². The fraction of sp³-hybridized carbons (Fsp3) is 0.286. The van der Waals surface area contributed by atoms with Gasteiger partial charge in [-0.25, -0.2) is 0 Å². The van der Waals surface area contributed by atoms with Crippen LogP contribution in [0.2, 0.25) is 0 Å². The Labute approximate surface area is 118 Å². The molecule has 0 aliphatic heterocycles. The largest absolute Gasteiger partial charge is 0.358 e. The van der Waals surface area contributed by atoms with Gasteiger partial charge >= 0.3 is 0 Å². The van der Waals surface area contributed by atoms with Gasteiger partial charge in [0.05, 0.1) is 6.20 Å². The Bertz CT molecular complexity index is 589. The van der Waals surface area contributed by atoms with Crippen LogP contribution in [-0.4, -0.2) is 14.9 Å². The molecule has 0 atom stereocenters. The standard InChI is InChI=1S/C14H18N4S/c1-10-4-5-11(2)13(6-10)17-14(19)15-7-12-8-16-18(3)9-12/h4-6,8-9H,7H2,1-3H3,(H2,15,17,19). The summed E-state index contributed by atoms with van der Waals surface area (Å²) in [6, 6.07) is 6.27. The minimum Gasteiger partial charge on any atom is -0.358 e. The molecule has 19 heavy (non-hydrogen) atoms. The third-order valence-corrected chi connectivity index (χ3v) is 3.10. The second-order valence-electron chi connectivity index (χ2n) is 4.65. The molecule has 2 N–H and O–H groups in total. The average molecular weight is 274 g/mol. The maximum absolute atomic E-state index is 5.30. The molecular formula is C14H18N4S. The summed E-state index contributed by atoms with van der Waals surface area (Å²) in [5.74, 6) is 0. The molecule has 0 radical (unpaired) electrons. The molecule has 1 heterocycles. The number of aromatic nitrogens is 2. The van der Waals surface area contributed by atoms with Crippen LogP contribution >= 0.6 is 12.2 Å². The maximum atomic E-state index is 5.30. The van der Waals surface area contributed by atoms with E-state index >= 15 is 0 Å². The second kappa shape index (κ2) is 5.84. The molecule has 100 valence electrons. The number of rotatable bonds is 3. The van der Waals surface area contributed by atoms with Crippen molar-refractivity contribution in [3.05, 3.63) is 47.3 Å². The predicted molar refractivity (Wildman–Crippen MR) is 82.2 cm³/mol. The molecule has 1 aromatic heterocycles. The van der Waals surface area contributed by atoms with Crippen LogP contribution in [0.3, 0.4) is 0 Å². The van der Waals surface area contributed by atoms with Crippen molar-refractivity contribution in [1.29, 1.82) is 0 Å². The Kier molecular flexibility index (Phi) is 4.16. The predicted octanol–water partition coefficient (Wildman–Crippen LogP) is 2.52. The van der Waals surface area contributed by atoms with Gasteiger partial charge in [-0.05, 0) is 43.3 Å². The van der Waals surface area contributed by atoms with E-state index in [0.717, 1.165) is 11.3 Å². The highest BCUT2D eigenvalue weighted by atomic mass is 32.1. The first-order valence-corrected chi connectivity index (χ1v) is 6.55. The number of aryl methyl sites for hydroxylation is 3. The molecule has 0 spiro atoms.